The minimum atomic E-state index is -0.675. The molecule has 4 heteroatoms. The van der Waals surface area contributed by atoms with Crippen LogP contribution in [0.25, 0.3) is 0 Å². The normalized spacial score (nSPS) is 19.2. The lowest BCUT2D eigenvalue weighted by Crippen LogP contribution is -2.16. The summed E-state index contributed by atoms with van der Waals surface area (Å²) < 4.78 is 0. The molecule has 0 spiro atoms. The van der Waals surface area contributed by atoms with Crippen LogP contribution in [0.5, 0.6) is 5.75 Å². The van der Waals surface area contributed by atoms with Crippen molar-refractivity contribution in [2.45, 2.75) is 38.2 Å². The van der Waals surface area contributed by atoms with Gasteiger partial charge < -0.3 is 10.2 Å². The van der Waals surface area contributed by atoms with E-state index in [1.807, 2.05) is 0 Å². The van der Waals surface area contributed by atoms with Gasteiger partial charge in [-0.2, -0.15) is 0 Å². The second-order valence-corrected chi connectivity index (χ2v) is 5.51. The van der Waals surface area contributed by atoms with E-state index < -0.39 is 6.10 Å². The fourth-order valence-corrected chi connectivity index (χ4v) is 3.02. The predicted molar refractivity (Wildman–Crippen MR) is 69.7 cm³/mol. The third kappa shape index (κ3) is 2.87. The molecule has 1 atom stereocenters. The molecule has 17 heavy (non-hydrogen) atoms. The number of aliphatic hydroxyl groups is 1. The van der Waals surface area contributed by atoms with Crippen LogP contribution >= 0.6 is 23.2 Å². The van der Waals surface area contributed by atoms with Crippen LogP contribution in [0, 0.1) is 5.92 Å². The van der Waals surface area contributed by atoms with Crippen molar-refractivity contribution in [1.82, 2.24) is 0 Å². The average molecular weight is 275 g/mol. The van der Waals surface area contributed by atoms with Gasteiger partial charge >= 0.3 is 0 Å². The van der Waals surface area contributed by atoms with Crippen LogP contribution in [0.2, 0.25) is 10.0 Å². The first-order valence-electron chi connectivity index (χ1n) is 5.95. The van der Waals surface area contributed by atoms with E-state index in [-0.39, 0.29) is 16.7 Å². The third-order valence-corrected chi connectivity index (χ3v) is 3.98. The number of phenolic OH excluding ortho intramolecular Hbond substituents is 1. The average Bonchev–Trinajstić information content (AvgIpc) is 2.34. The lowest BCUT2D eigenvalue weighted by atomic mass is 9.82. The van der Waals surface area contributed by atoms with Gasteiger partial charge in [0.1, 0.15) is 5.75 Å². The van der Waals surface area contributed by atoms with Crippen LogP contribution in [-0.4, -0.2) is 10.2 Å². The summed E-state index contributed by atoms with van der Waals surface area (Å²) in [6.07, 6.45) is 4.81. The Balaban J connectivity index is 2.26. The Labute approximate surface area is 111 Å². The molecule has 1 aromatic carbocycles. The summed E-state index contributed by atoms with van der Waals surface area (Å²) in [6, 6.07) is 3.08. The van der Waals surface area contributed by atoms with E-state index in [0.717, 1.165) is 25.7 Å². The molecule has 1 saturated carbocycles. The summed E-state index contributed by atoms with van der Waals surface area (Å²) in [4.78, 5) is 0. The van der Waals surface area contributed by atoms with Gasteiger partial charge in [-0.25, -0.2) is 0 Å². The first-order valence-corrected chi connectivity index (χ1v) is 6.71. The highest BCUT2D eigenvalue weighted by molar-refractivity contribution is 6.35. The van der Waals surface area contributed by atoms with Crippen LogP contribution in [0.3, 0.4) is 0 Å². The third-order valence-electron chi connectivity index (χ3n) is 3.47. The van der Waals surface area contributed by atoms with E-state index in [1.165, 1.54) is 12.5 Å². The molecule has 2 nitrogen and oxygen atoms in total. The van der Waals surface area contributed by atoms with E-state index in [0.29, 0.717) is 10.6 Å². The van der Waals surface area contributed by atoms with Crippen LogP contribution < -0.4 is 0 Å². The number of aromatic hydroxyl groups is 1. The SMILES string of the molecule is Oc1c(Cl)cc(Cl)cc1[C@@H](O)C1CCCCC1. The van der Waals surface area contributed by atoms with Gasteiger partial charge in [-0.15, -0.1) is 0 Å². The molecule has 0 aromatic heterocycles. The number of hydrogen-bond donors (Lipinski definition) is 2. The van der Waals surface area contributed by atoms with Crippen LogP contribution in [0.4, 0.5) is 0 Å². The molecule has 2 N–H and O–H groups in total. The van der Waals surface area contributed by atoms with Crippen molar-refractivity contribution in [2.75, 3.05) is 0 Å². The zero-order chi connectivity index (χ0) is 12.4. The van der Waals surface area contributed by atoms with Crippen molar-refractivity contribution >= 4 is 23.2 Å². The highest BCUT2D eigenvalue weighted by Gasteiger charge is 2.26. The topological polar surface area (TPSA) is 40.5 Å². The first kappa shape index (κ1) is 13.0. The molecule has 0 saturated heterocycles. The number of hydrogen-bond acceptors (Lipinski definition) is 2. The number of rotatable bonds is 2. The molecular weight excluding hydrogens is 259 g/mol. The van der Waals surface area contributed by atoms with Gasteiger partial charge in [0.15, 0.2) is 0 Å². The summed E-state index contributed by atoms with van der Waals surface area (Å²) in [5.74, 6) is 0.151. The smallest absolute Gasteiger partial charge is 0.140 e. The number of benzene rings is 1. The molecule has 0 bridgehead atoms. The van der Waals surface area contributed by atoms with Crippen molar-refractivity contribution in [2.24, 2.45) is 5.92 Å². The Morgan fingerprint density at radius 3 is 2.41 bits per heavy atom. The molecule has 0 heterocycles. The molecule has 1 fully saturated rings. The fourth-order valence-electron chi connectivity index (χ4n) is 2.52. The largest absolute Gasteiger partial charge is 0.506 e. The maximum Gasteiger partial charge on any atom is 0.140 e. The standard InChI is InChI=1S/C13H16Cl2O2/c14-9-6-10(13(17)11(15)7-9)12(16)8-4-2-1-3-5-8/h6-8,12,16-17H,1-5H2/t12-/m0/s1. The van der Waals surface area contributed by atoms with Gasteiger partial charge in [0, 0.05) is 10.6 Å². The van der Waals surface area contributed by atoms with Crippen molar-refractivity contribution in [3.05, 3.63) is 27.7 Å². The van der Waals surface area contributed by atoms with Crippen molar-refractivity contribution in [3.8, 4) is 5.75 Å². The van der Waals surface area contributed by atoms with E-state index in [9.17, 15) is 10.2 Å². The zero-order valence-corrected chi connectivity index (χ0v) is 11.0. The number of aliphatic hydroxyl groups excluding tert-OH is 1. The quantitative estimate of drug-likeness (QED) is 0.844. The second kappa shape index (κ2) is 5.47. The molecule has 1 aliphatic rings. The lowest BCUT2D eigenvalue weighted by Gasteiger charge is -2.27. The number of halogens is 2. The summed E-state index contributed by atoms with van der Waals surface area (Å²) in [7, 11) is 0. The van der Waals surface area contributed by atoms with Gasteiger partial charge in [-0.3, -0.25) is 0 Å². The van der Waals surface area contributed by atoms with E-state index in [2.05, 4.69) is 0 Å². The van der Waals surface area contributed by atoms with Crippen LogP contribution in [-0.2, 0) is 0 Å². The fraction of sp³-hybridized carbons (Fsp3) is 0.538. The molecule has 0 amide bonds. The van der Waals surface area contributed by atoms with E-state index >= 15 is 0 Å². The molecule has 0 unspecified atom stereocenters. The van der Waals surface area contributed by atoms with Crippen molar-refractivity contribution in [3.63, 3.8) is 0 Å². The maximum atomic E-state index is 10.3. The second-order valence-electron chi connectivity index (χ2n) is 4.67. The Hall–Kier alpha value is -0.440. The van der Waals surface area contributed by atoms with Gasteiger partial charge in [0.2, 0.25) is 0 Å². The predicted octanol–water partition coefficient (Wildman–Crippen LogP) is 4.31. The monoisotopic (exact) mass is 274 g/mol. The molecule has 1 aromatic rings. The summed E-state index contributed by atoms with van der Waals surface area (Å²) in [6.45, 7) is 0. The molecular formula is C13H16Cl2O2. The Morgan fingerprint density at radius 1 is 1.12 bits per heavy atom. The molecule has 94 valence electrons. The number of phenols is 1. The maximum absolute atomic E-state index is 10.3. The molecule has 2 rings (SSSR count). The van der Waals surface area contributed by atoms with Gasteiger partial charge in [0.25, 0.3) is 0 Å². The van der Waals surface area contributed by atoms with Crippen LogP contribution in [0.1, 0.15) is 43.8 Å². The highest BCUT2D eigenvalue weighted by Crippen LogP contribution is 2.41. The Morgan fingerprint density at radius 2 is 1.76 bits per heavy atom. The van der Waals surface area contributed by atoms with Crippen molar-refractivity contribution < 1.29 is 10.2 Å². The Bertz CT molecular complexity index is 401. The minimum absolute atomic E-state index is 0.0471. The minimum Gasteiger partial charge on any atom is -0.506 e. The summed E-state index contributed by atoms with van der Waals surface area (Å²) in [5, 5.41) is 20.8. The van der Waals surface area contributed by atoms with Gasteiger partial charge in [-0.05, 0) is 30.9 Å². The molecule has 1 aliphatic carbocycles. The Kier molecular flexibility index (Phi) is 4.18. The van der Waals surface area contributed by atoms with E-state index in [4.69, 9.17) is 23.2 Å². The first-order chi connectivity index (χ1) is 8.09. The van der Waals surface area contributed by atoms with Crippen molar-refractivity contribution in [1.29, 1.82) is 0 Å². The lowest BCUT2D eigenvalue weighted by molar-refractivity contribution is 0.0826. The zero-order valence-electron chi connectivity index (χ0n) is 9.50. The van der Waals surface area contributed by atoms with Gasteiger partial charge in [0.05, 0.1) is 11.1 Å². The highest BCUT2D eigenvalue weighted by atomic mass is 35.5. The summed E-state index contributed by atoms with van der Waals surface area (Å²) in [5.41, 5.74) is 0.453. The van der Waals surface area contributed by atoms with Gasteiger partial charge in [-0.1, -0.05) is 42.5 Å². The summed E-state index contributed by atoms with van der Waals surface area (Å²) >= 11 is 11.8. The van der Waals surface area contributed by atoms with E-state index in [1.54, 1.807) is 6.07 Å². The molecule has 0 radical (unpaired) electrons. The molecule has 0 aliphatic heterocycles. The van der Waals surface area contributed by atoms with Crippen LogP contribution in [0.15, 0.2) is 12.1 Å².